The lowest BCUT2D eigenvalue weighted by atomic mass is 10.5. The molecule has 0 radical (unpaired) electrons. The van der Waals surface area contributed by atoms with Crippen LogP contribution < -0.4 is 10.6 Å². The minimum atomic E-state index is 0.809. The molecule has 0 aliphatic carbocycles. The van der Waals surface area contributed by atoms with Gasteiger partial charge in [0.05, 0.1) is 6.20 Å². The summed E-state index contributed by atoms with van der Waals surface area (Å²) in [5, 5.41) is 6.34. The number of aromatic nitrogens is 3. The zero-order chi connectivity index (χ0) is 12.3. The summed E-state index contributed by atoms with van der Waals surface area (Å²) >= 11 is 0. The van der Waals surface area contributed by atoms with Gasteiger partial charge in [-0.05, 0) is 14.1 Å². The number of rotatable bonds is 5. The number of hydrogen-bond acceptors (Lipinski definition) is 5. The quantitative estimate of drug-likeness (QED) is 0.799. The molecule has 6 nitrogen and oxygen atoms in total. The van der Waals surface area contributed by atoms with Gasteiger partial charge in [-0.1, -0.05) is 0 Å². The molecule has 0 saturated carbocycles. The minimum Gasteiger partial charge on any atom is -0.372 e. The van der Waals surface area contributed by atoms with Crippen LogP contribution in [-0.4, -0.2) is 53.5 Å². The van der Waals surface area contributed by atoms with Gasteiger partial charge >= 0.3 is 0 Å². The molecule has 2 aromatic rings. The summed E-state index contributed by atoms with van der Waals surface area (Å²) < 4.78 is 1.96. The van der Waals surface area contributed by atoms with Crippen LogP contribution in [0.4, 0.5) is 11.6 Å². The molecule has 0 aromatic carbocycles. The van der Waals surface area contributed by atoms with E-state index in [1.807, 2.05) is 37.9 Å². The second kappa shape index (κ2) is 5.01. The van der Waals surface area contributed by atoms with Crippen LogP contribution in [0, 0.1) is 0 Å². The summed E-state index contributed by atoms with van der Waals surface area (Å²) in [4.78, 5) is 10.9. The van der Waals surface area contributed by atoms with Crippen LogP contribution in [0.2, 0.25) is 0 Å². The highest BCUT2D eigenvalue weighted by atomic mass is 15.2. The number of imidazole rings is 1. The second-order valence-corrected chi connectivity index (χ2v) is 4.11. The van der Waals surface area contributed by atoms with Gasteiger partial charge in [-0.3, -0.25) is 0 Å². The van der Waals surface area contributed by atoms with E-state index in [1.54, 1.807) is 6.20 Å². The molecule has 0 fully saturated rings. The van der Waals surface area contributed by atoms with Crippen LogP contribution >= 0.6 is 0 Å². The molecule has 92 valence electrons. The fourth-order valence-corrected chi connectivity index (χ4v) is 1.57. The number of hydrogen-bond donors (Lipinski definition) is 2. The SMILES string of the molecule is CNc1cn2ccnc2c(NCCN(C)C)n1. The third-order valence-corrected chi connectivity index (χ3v) is 2.48. The topological polar surface area (TPSA) is 57.5 Å². The molecule has 0 spiro atoms. The predicted molar refractivity (Wildman–Crippen MR) is 69.6 cm³/mol. The van der Waals surface area contributed by atoms with Crippen molar-refractivity contribution in [2.24, 2.45) is 0 Å². The monoisotopic (exact) mass is 234 g/mol. The highest BCUT2D eigenvalue weighted by Gasteiger charge is 2.06. The molecule has 17 heavy (non-hydrogen) atoms. The molecule has 2 heterocycles. The molecule has 0 aliphatic heterocycles. The van der Waals surface area contributed by atoms with Gasteiger partial charge in [0.15, 0.2) is 11.5 Å². The van der Waals surface area contributed by atoms with E-state index in [0.717, 1.165) is 30.4 Å². The zero-order valence-corrected chi connectivity index (χ0v) is 10.4. The van der Waals surface area contributed by atoms with Crippen molar-refractivity contribution in [2.75, 3.05) is 44.9 Å². The van der Waals surface area contributed by atoms with Crippen LogP contribution in [0.15, 0.2) is 18.6 Å². The lowest BCUT2D eigenvalue weighted by Gasteiger charge is -2.12. The Bertz CT molecular complexity index is 490. The first-order valence-electron chi connectivity index (χ1n) is 5.61. The minimum absolute atomic E-state index is 0.809. The van der Waals surface area contributed by atoms with Crippen LogP contribution in [0.3, 0.4) is 0 Å². The summed E-state index contributed by atoms with van der Waals surface area (Å²) in [7, 11) is 5.95. The van der Waals surface area contributed by atoms with E-state index in [0.29, 0.717) is 0 Å². The molecule has 0 unspecified atom stereocenters. The number of fused-ring (bicyclic) bond motifs is 1. The molecule has 6 heteroatoms. The van der Waals surface area contributed by atoms with Gasteiger partial charge in [-0.25, -0.2) is 9.97 Å². The maximum atomic E-state index is 4.46. The molecular formula is C11H18N6. The Morgan fingerprint density at radius 3 is 2.94 bits per heavy atom. The Morgan fingerprint density at radius 1 is 1.41 bits per heavy atom. The summed E-state index contributed by atoms with van der Waals surface area (Å²) in [6.07, 6.45) is 5.60. The second-order valence-electron chi connectivity index (χ2n) is 4.11. The van der Waals surface area contributed by atoms with Crippen LogP contribution in [0.25, 0.3) is 5.65 Å². The maximum absolute atomic E-state index is 4.46. The van der Waals surface area contributed by atoms with E-state index in [-0.39, 0.29) is 0 Å². The average Bonchev–Trinajstić information content (AvgIpc) is 2.76. The van der Waals surface area contributed by atoms with E-state index in [1.165, 1.54) is 0 Å². The normalized spacial score (nSPS) is 11.1. The number of likely N-dealkylation sites (N-methyl/N-ethyl adjacent to an activating group) is 1. The van der Waals surface area contributed by atoms with Gasteiger partial charge in [-0.15, -0.1) is 0 Å². The number of anilines is 2. The Balaban J connectivity index is 2.21. The summed E-state index contributed by atoms with van der Waals surface area (Å²) in [5.74, 6) is 1.63. The lowest BCUT2D eigenvalue weighted by Crippen LogP contribution is -2.21. The van der Waals surface area contributed by atoms with E-state index in [9.17, 15) is 0 Å². The highest BCUT2D eigenvalue weighted by Crippen LogP contribution is 2.15. The van der Waals surface area contributed by atoms with Gasteiger partial charge in [0, 0.05) is 32.5 Å². The molecule has 0 amide bonds. The van der Waals surface area contributed by atoms with Gasteiger partial charge in [0.25, 0.3) is 0 Å². The molecule has 2 N–H and O–H groups in total. The van der Waals surface area contributed by atoms with Crippen LogP contribution in [-0.2, 0) is 0 Å². The fraction of sp³-hybridized carbons (Fsp3) is 0.455. The molecule has 2 rings (SSSR count). The van der Waals surface area contributed by atoms with Crippen molar-refractivity contribution >= 4 is 17.3 Å². The highest BCUT2D eigenvalue weighted by molar-refractivity contribution is 5.65. The Labute approximate surface area is 101 Å². The zero-order valence-electron chi connectivity index (χ0n) is 10.4. The third-order valence-electron chi connectivity index (χ3n) is 2.48. The molecule has 0 saturated heterocycles. The smallest absolute Gasteiger partial charge is 0.180 e. The summed E-state index contributed by atoms with van der Waals surface area (Å²) in [6, 6.07) is 0. The van der Waals surface area contributed by atoms with Gasteiger partial charge in [0.1, 0.15) is 5.82 Å². The average molecular weight is 234 g/mol. The molecule has 0 bridgehead atoms. The van der Waals surface area contributed by atoms with Gasteiger partial charge in [-0.2, -0.15) is 0 Å². The lowest BCUT2D eigenvalue weighted by molar-refractivity contribution is 0.425. The van der Waals surface area contributed by atoms with Crippen molar-refractivity contribution in [2.45, 2.75) is 0 Å². The molecule has 0 aliphatic rings. The largest absolute Gasteiger partial charge is 0.372 e. The first-order chi connectivity index (χ1) is 8.20. The van der Waals surface area contributed by atoms with Crippen molar-refractivity contribution in [1.82, 2.24) is 19.3 Å². The van der Waals surface area contributed by atoms with E-state index in [4.69, 9.17) is 0 Å². The van der Waals surface area contributed by atoms with Crippen molar-refractivity contribution in [1.29, 1.82) is 0 Å². The summed E-state index contributed by atoms with van der Waals surface area (Å²) in [5.41, 5.74) is 0.850. The number of nitrogens with zero attached hydrogens (tertiary/aromatic N) is 4. The maximum Gasteiger partial charge on any atom is 0.180 e. The van der Waals surface area contributed by atoms with Gasteiger partial charge in [0.2, 0.25) is 0 Å². The molecular weight excluding hydrogens is 216 g/mol. The molecule has 2 aromatic heterocycles. The summed E-state index contributed by atoms with van der Waals surface area (Å²) in [6.45, 7) is 1.80. The van der Waals surface area contributed by atoms with E-state index >= 15 is 0 Å². The first kappa shape index (κ1) is 11.7. The van der Waals surface area contributed by atoms with E-state index in [2.05, 4.69) is 25.5 Å². The van der Waals surface area contributed by atoms with Crippen molar-refractivity contribution in [3.63, 3.8) is 0 Å². The third kappa shape index (κ3) is 2.65. The predicted octanol–water partition coefficient (Wildman–Crippen LogP) is 0.744. The van der Waals surface area contributed by atoms with Gasteiger partial charge < -0.3 is 19.9 Å². The Hall–Kier alpha value is -1.82. The van der Waals surface area contributed by atoms with E-state index < -0.39 is 0 Å². The van der Waals surface area contributed by atoms with Crippen molar-refractivity contribution < 1.29 is 0 Å². The standard InChI is InChI=1S/C11H18N6/c1-12-9-8-17-7-5-14-11(17)10(15-9)13-4-6-16(2)3/h5,7-8,12H,4,6H2,1-3H3,(H,13,15). The fourth-order valence-electron chi connectivity index (χ4n) is 1.57. The first-order valence-corrected chi connectivity index (χ1v) is 5.61. The van der Waals surface area contributed by atoms with Crippen LogP contribution in [0.5, 0.6) is 0 Å². The Morgan fingerprint density at radius 2 is 2.24 bits per heavy atom. The van der Waals surface area contributed by atoms with Crippen molar-refractivity contribution in [3.8, 4) is 0 Å². The number of nitrogens with one attached hydrogen (secondary N) is 2. The van der Waals surface area contributed by atoms with Crippen LogP contribution in [0.1, 0.15) is 0 Å². The molecule has 0 atom stereocenters. The Kier molecular flexibility index (Phi) is 3.43. The van der Waals surface area contributed by atoms with Crippen molar-refractivity contribution in [3.05, 3.63) is 18.6 Å².